The first-order valence-corrected chi connectivity index (χ1v) is 19.2. The number of para-hydroxylation sites is 1. The van der Waals surface area contributed by atoms with Gasteiger partial charge in [-0.25, -0.2) is 9.98 Å². The molecule has 0 radical (unpaired) electrons. The fourth-order valence-electron chi connectivity index (χ4n) is 7.25. The number of benzene rings is 7. The number of nitrogens with zero attached hydrogens (tertiary/aromatic N) is 3. The highest BCUT2D eigenvalue weighted by atomic mass is 32.1. The van der Waals surface area contributed by atoms with Gasteiger partial charge in [-0.3, -0.25) is 0 Å². The van der Waals surface area contributed by atoms with Crippen LogP contribution in [0.3, 0.4) is 0 Å². The lowest BCUT2D eigenvalue weighted by atomic mass is 10.0. The van der Waals surface area contributed by atoms with Gasteiger partial charge in [-0.2, -0.15) is 0 Å². The van der Waals surface area contributed by atoms with Gasteiger partial charge in [-0.05, 0) is 82.9 Å². The molecule has 0 spiro atoms. The predicted octanol–water partition coefficient (Wildman–Crippen LogP) is 12.9. The Balaban J connectivity index is 1.01. The van der Waals surface area contributed by atoms with Gasteiger partial charge in [0.05, 0.1) is 4.88 Å². The number of hydrogen-bond donors (Lipinski definition) is 1. The van der Waals surface area contributed by atoms with Crippen molar-refractivity contribution in [2.75, 3.05) is 4.90 Å². The molecule has 0 saturated carbocycles. The first-order valence-electron chi connectivity index (χ1n) is 18.3. The monoisotopic (exact) mass is 726 g/mol. The maximum Gasteiger partial charge on any atom is 0.159 e. The summed E-state index contributed by atoms with van der Waals surface area (Å²) in [5.74, 6) is 1.54. The number of amidine groups is 2. The second-order valence-corrected chi connectivity index (χ2v) is 14.6. The van der Waals surface area contributed by atoms with Crippen LogP contribution in [-0.4, -0.2) is 11.7 Å². The Labute approximate surface area is 323 Å². The van der Waals surface area contributed by atoms with Crippen LogP contribution >= 0.6 is 11.3 Å². The summed E-state index contributed by atoms with van der Waals surface area (Å²) in [6, 6.07) is 67.7. The summed E-state index contributed by atoms with van der Waals surface area (Å²) in [5.41, 5.74) is 10.5. The predicted molar refractivity (Wildman–Crippen MR) is 229 cm³/mol. The number of fused-ring (bicyclic) bond motifs is 3. The Morgan fingerprint density at radius 1 is 0.473 bits per heavy atom. The molecule has 3 heterocycles. The van der Waals surface area contributed by atoms with Crippen LogP contribution in [0.4, 0.5) is 17.1 Å². The molecule has 0 amide bonds. The SMILES string of the molecule is c1ccc(C2=NC(c3ccccc3)NC(c3ccc(-c4ccc(N(c5cccc(-c6ccccc6)c5)c5ccc6oc7ccccc7c6c5)cc4)s3)=N2)cc1. The largest absolute Gasteiger partial charge is 0.456 e. The van der Waals surface area contributed by atoms with E-state index in [2.05, 4.69) is 156 Å². The number of anilines is 3. The summed E-state index contributed by atoms with van der Waals surface area (Å²) in [6.07, 6.45) is -0.237. The summed E-state index contributed by atoms with van der Waals surface area (Å²) < 4.78 is 6.21. The van der Waals surface area contributed by atoms with E-state index < -0.39 is 0 Å². The molecule has 10 rings (SSSR count). The fourth-order valence-corrected chi connectivity index (χ4v) is 8.21. The van der Waals surface area contributed by atoms with Gasteiger partial charge in [0.1, 0.15) is 23.2 Å². The van der Waals surface area contributed by atoms with Crippen LogP contribution in [0.1, 0.15) is 22.2 Å². The van der Waals surface area contributed by atoms with Crippen molar-refractivity contribution in [3.8, 4) is 21.6 Å². The summed E-state index contributed by atoms with van der Waals surface area (Å²) in [7, 11) is 0. The van der Waals surface area contributed by atoms with Crippen molar-refractivity contribution in [1.29, 1.82) is 0 Å². The normalized spacial score (nSPS) is 14.0. The molecule has 5 nitrogen and oxygen atoms in total. The number of furan rings is 1. The standard InChI is InChI=1S/C49H34N4OS/c1-4-13-33(14-5-1)37-19-12-20-39(31-37)53(40-27-28-44-42(32-40)41-21-10-11-22-43(41)54-44)38-25-23-34(24-26-38)45-29-30-46(55-45)49-51-47(35-15-6-2-7-16-35)50-48(52-49)36-17-8-3-9-18-36/h1-32,47H,(H,50,51,52). The van der Waals surface area contributed by atoms with Crippen LogP contribution in [-0.2, 0) is 0 Å². The molecule has 9 aromatic rings. The van der Waals surface area contributed by atoms with E-state index in [0.717, 1.165) is 82.7 Å². The number of hydrogen-bond acceptors (Lipinski definition) is 6. The minimum atomic E-state index is -0.237. The quantitative estimate of drug-likeness (QED) is 0.170. The number of thiophene rings is 1. The van der Waals surface area contributed by atoms with Crippen molar-refractivity contribution < 1.29 is 4.42 Å². The third kappa shape index (κ3) is 6.39. The molecule has 55 heavy (non-hydrogen) atoms. The van der Waals surface area contributed by atoms with E-state index in [1.807, 2.05) is 48.5 Å². The second-order valence-electron chi connectivity index (χ2n) is 13.5. The molecule has 1 unspecified atom stereocenters. The summed E-state index contributed by atoms with van der Waals surface area (Å²) in [4.78, 5) is 14.6. The summed E-state index contributed by atoms with van der Waals surface area (Å²) in [5, 5.41) is 5.81. The molecule has 0 saturated heterocycles. The van der Waals surface area contributed by atoms with E-state index in [1.165, 1.54) is 5.56 Å². The zero-order valence-corrected chi connectivity index (χ0v) is 30.5. The molecule has 6 heteroatoms. The maximum absolute atomic E-state index is 6.21. The summed E-state index contributed by atoms with van der Waals surface area (Å²) in [6.45, 7) is 0. The average molecular weight is 727 g/mol. The topological polar surface area (TPSA) is 53.1 Å². The molecule has 0 aliphatic carbocycles. The van der Waals surface area contributed by atoms with Crippen molar-refractivity contribution in [2.24, 2.45) is 9.98 Å². The Hall–Kier alpha value is -7.02. The Kier molecular flexibility index (Phi) is 8.35. The number of aliphatic imine (C=N–C) groups is 2. The van der Waals surface area contributed by atoms with Gasteiger partial charge in [-0.15, -0.1) is 11.3 Å². The lowest BCUT2D eigenvalue weighted by molar-refractivity contribution is 0.669. The number of nitrogens with one attached hydrogen (secondary N) is 1. The third-order valence-corrected chi connectivity index (χ3v) is 11.1. The molecular weight excluding hydrogens is 693 g/mol. The van der Waals surface area contributed by atoms with Crippen LogP contribution < -0.4 is 10.2 Å². The van der Waals surface area contributed by atoms with Gasteiger partial charge in [-0.1, -0.05) is 133 Å². The van der Waals surface area contributed by atoms with Crippen molar-refractivity contribution >= 4 is 62.0 Å². The second kappa shape index (κ2) is 14.1. The van der Waals surface area contributed by atoms with Crippen LogP contribution in [0.2, 0.25) is 0 Å². The van der Waals surface area contributed by atoms with Crippen LogP contribution in [0.5, 0.6) is 0 Å². The van der Waals surface area contributed by atoms with Crippen LogP contribution in [0.25, 0.3) is 43.5 Å². The van der Waals surface area contributed by atoms with Gasteiger partial charge < -0.3 is 14.6 Å². The highest BCUT2D eigenvalue weighted by molar-refractivity contribution is 7.17. The molecule has 2 aromatic heterocycles. The van der Waals surface area contributed by atoms with Gasteiger partial charge in [0, 0.05) is 38.3 Å². The zero-order valence-electron chi connectivity index (χ0n) is 29.7. The first-order chi connectivity index (χ1) is 27.2. The molecule has 7 aromatic carbocycles. The van der Waals surface area contributed by atoms with E-state index in [9.17, 15) is 0 Å². The zero-order chi connectivity index (χ0) is 36.6. The average Bonchev–Trinajstić information content (AvgIpc) is 3.91. The van der Waals surface area contributed by atoms with Gasteiger partial charge in [0.2, 0.25) is 0 Å². The fraction of sp³-hybridized carbons (Fsp3) is 0.0204. The van der Waals surface area contributed by atoms with Crippen LogP contribution in [0, 0.1) is 0 Å². The Morgan fingerprint density at radius 2 is 1.11 bits per heavy atom. The van der Waals surface area contributed by atoms with Crippen molar-refractivity contribution in [3.05, 3.63) is 210 Å². The Morgan fingerprint density at radius 3 is 1.91 bits per heavy atom. The maximum atomic E-state index is 6.21. The molecule has 1 aliphatic heterocycles. The minimum Gasteiger partial charge on any atom is -0.456 e. The molecule has 1 N–H and O–H groups in total. The lowest BCUT2D eigenvalue weighted by Crippen LogP contribution is -2.33. The molecule has 1 atom stereocenters. The van der Waals surface area contributed by atoms with E-state index in [0.29, 0.717) is 0 Å². The highest BCUT2D eigenvalue weighted by Crippen LogP contribution is 2.41. The van der Waals surface area contributed by atoms with Gasteiger partial charge in [0.15, 0.2) is 5.84 Å². The number of rotatable bonds is 8. The first kappa shape index (κ1) is 32.6. The van der Waals surface area contributed by atoms with Crippen LogP contribution in [0.15, 0.2) is 209 Å². The van der Waals surface area contributed by atoms with E-state index in [-0.39, 0.29) is 6.17 Å². The highest BCUT2D eigenvalue weighted by Gasteiger charge is 2.22. The lowest BCUT2D eigenvalue weighted by Gasteiger charge is -2.26. The van der Waals surface area contributed by atoms with Crippen molar-refractivity contribution in [1.82, 2.24) is 5.32 Å². The minimum absolute atomic E-state index is 0.237. The molecule has 0 fully saturated rings. The van der Waals surface area contributed by atoms with Crippen molar-refractivity contribution in [2.45, 2.75) is 6.17 Å². The van der Waals surface area contributed by atoms with E-state index in [4.69, 9.17) is 14.4 Å². The van der Waals surface area contributed by atoms with E-state index in [1.54, 1.807) is 11.3 Å². The Bertz CT molecular complexity index is 2840. The van der Waals surface area contributed by atoms with Gasteiger partial charge >= 0.3 is 0 Å². The molecule has 0 bridgehead atoms. The van der Waals surface area contributed by atoms with E-state index >= 15 is 0 Å². The van der Waals surface area contributed by atoms with Gasteiger partial charge in [0.25, 0.3) is 0 Å². The summed E-state index contributed by atoms with van der Waals surface area (Å²) >= 11 is 1.72. The molecular formula is C49H34N4OS. The third-order valence-electron chi connectivity index (χ3n) is 9.97. The molecule has 1 aliphatic rings. The molecule has 262 valence electrons. The van der Waals surface area contributed by atoms with Crippen molar-refractivity contribution in [3.63, 3.8) is 0 Å². The smallest absolute Gasteiger partial charge is 0.159 e.